The first-order valence-electron chi connectivity index (χ1n) is 9.39. The molecule has 0 radical (unpaired) electrons. The van der Waals surface area contributed by atoms with E-state index < -0.39 is 0 Å². The van der Waals surface area contributed by atoms with E-state index in [2.05, 4.69) is 45.5 Å². The molecule has 0 fully saturated rings. The molecule has 5 heteroatoms. The summed E-state index contributed by atoms with van der Waals surface area (Å²) >= 11 is 0. The Morgan fingerprint density at radius 1 is 1.07 bits per heavy atom. The average molecular weight is 360 g/mol. The number of benzene rings is 2. The topological polar surface area (TPSA) is 50.3 Å². The second kappa shape index (κ2) is 8.08. The lowest BCUT2D eigenvalue weighted by Crippen LogP contribution is -2.25. The van der Waals surface area contributed by atoms with Crippen LogP contribution < -0.4 is 15.0 Å². The lowest BCUT2D eigenvalue weighted by molar-refractivity contribution is 0.410. The van der Waals surface area contributed by atoms with Gasteiger partial charge in [0.25, 0.3) is 0 Å². The Hall–Kier alpha value is -3.08. The Balaban J connectivity index is 1.46. The molecule has 2 aromatic carbocycles. The third-order valence-electron chi connectivity index (χ3n) is 4.90. The molecule has 1 aromatic heterocycles. The molecule has 0 spiro atoms. The lowest BCUT2D eigenvalue weighted by atomic mass is 10.0. The van der Waals surface area contributed by atoms with Gasteiger partial charge in [0.1, 0.15) is 11.6 Å². The summed E-state index contributed by atoms with van der Waals surface area (Å²) < 4.78 is 5.41. The van der Waals surface area contributed by atoms with Crippen molar-refractivity contribution in [1.29, 1.82) is 0 Å². The van der Waals surface area contributed by atoms with E-state index in [-0.39, 0.29) is 0 Å². The molecule has 5 nitrogen and oxygen atoms in total. The van der Waals surface area contributed by atoms with Gasteiger partial charge in [-0.1, -0.05) is 36.4 Å². The zero-order valence-electron chi connectivity index (χ0n) is 15.6. The predicted octanol–water partition coefficient (Wildman–Crippen LogP) is 4.22. The molecule has 3 aromatic rings. The minimum absolute atomic E-state index is 0.658. The van der Waals surface area contributed by atoms with Crippen molar-refractivity contribution in [2.75, 3.05) is 30.4 Å². The van der Waals surface area contributed by atoms with Crippen LogP contribution in [0, 0.1) is 0 Å². The van der Waals surface area contributed by atoms with Gasteiger partial charge in [0, 0.05) is 25.0 Å². The highest BCUT2D eigenvalue weighted by Crippen LogP contribution is 2.32. The van der Waals surface area contributed by atoms with E-state index in [1.165, 1.54) is 16.8 Å². The second-order valence-electron chi connectivity index (χ2n) is 6.61. The highest BCUT2D eigenvalue weighted by atomic mass is 16.5. The standard InChI is InChI=1S/C22H24N4O/c1-27-20-11-5-3-8-18(20)12-14-23-22-24-15-13-21(25-22)26-16-6-9-17-7-2-4-10-19(17)26/h2-5,7-8,10-11,13,15H,6,9,12,14,16H2,1H3,(H,23,24,25). The number of ether oxygens (including phenoxy) is 1. The number of para-hydroxylation sites is 2. The van der Waals surface area contributed by atoms with Gasteiger partial charge in [-0.15, -0.1) is 0 Å². The quantitative estimate of drug-likeness (QED) is 0.713. The Bertz CT molecular complexity index is 912. The molecule has 0 unspecified atom stereocenters. The van der Waals surface area contributed by atoms with Crippen LogP contribution in [0.3, 0.4) is 0 Å². The number of hydrogen-bond acceptors (Lipinski definition) is 5. The number of rotatable bonds is 6. The number of methoxy groups -OCH3 is 1. The molecule has 2 heterocycles. The fourth-order valence-corrected chi connectivity index (χ4v) is 3.57. The van der Waals surface area contributed by atoms with Crippen molar-refractivity contribution < 1.29 is 4.74 Å². The molecule has 0 bridgehead atoms. The normalized spacial score (nSPS) is 13.1. The second-order valence-corrected chi connectivity index (χ2v) is 6.61. The predicted molar refractivity (Wildman–Crippen MR) is 109 cm³/mol. The minimum Gasteiger partial charge on any atom is -0.496 e. The van der Waals surface area contributed by atoms with Crippen molar-refractivity contribution in [2.24, 2.45) is 0 Å². The van der Waals surface area contributed by atoms with Crippen molar-refractivity contribution in [1.82, 2.24) is 9.97 Å². The molecule has 4 rings (SSSR count). The summed E-state index contributed by atoms with van der Waals surface area (Å²) in [7, 11) is 1.70. The zero-order valence-corrected chi connectivity index (χ0v) is 15.6. The van der Waals surface area contributed by atoms with Gasteiger partial charge in [0.05, 0.1) is 7.11 Å². The maximum atomic E-state index is 5.41. The van der Waals surface area contributed by atoms with E-state index in [9.17, 15) is 0 Å². The van der Waals surface area contributed by atoms with Gasteiger partial charge in [-0.05, 0) is 48.6 Å². The SMILES string of the molecule is COc1ccccc1CCNc1nccc(N2CCCc3ccccc32)n1. The van der Waals surface area contributed by atoms with Gasteiger partial charge < -0.3 is 15.0 Å². The summed E-state index contributed by atoms with van der Waals surface area (Å²) in [6.07, 6.45) is 4.94. The van der Waals surface area contributed by atoms with E-state index in [0.717, 1.165) is 43.9 Å². The molecule has 1 aliphatic rings. The van der Waals surface area contributed by atoms with Crippen LogP contribution in [0.2, 0.25) is 0 Å². The van der Waals surface area contributed by atoms with Gasteiger partial charge in [0.15, 0.2) is 0 Å². The number of anilines is 3. The number of nitrogens with zero attached hydrogens (tertiary/aromatic N) is 3. The summed E-state index contributed by atoms with van der Waals surface area (Å²) in [6.45, 7) is 1.73. The Morgan fingerprint density at radius 2 is 1.93 bits per heavy atom. The van der Waals surface area contributed by atoms with Crippen LogP contribution in [0.5, 0.6) is 5.75 Å². The zero-order chi connectivity index (χ0) is 18.5. The van der Waals surface area contributed by atoms with Gasteiger partial charge in [-0.25, -0.2) is 4.98 Å². The highest BCUT2D eigenvalue weighted by molar-refractivity contribution is 5.65. The van der Waals surface area contributed by atoms with Gasteiger partial charge >= 0.3 is 0 Å². The Morgan fingerprint density at radius 3 is 2.85 bits per heavy atom. The van der Waals surface area contributed by atoms with Gasteiger partial charge in [0.2, 0.25) is 5.95 Å². The number of fused-ring (bicyclic) bond motifs is 1. The summed E-state index contributed by atoms with van der Waals surface area (Å²) in [4.78, 5) is 11.4. The molecule has 27 heavy (non-hydrogen) atoms. The van der Waals surface area contributed by atoms with Crippen molar-refractivity contribution in [3.8, 4) is 5.75 Å². The molecular weight excluding hydrogens is 336 g/mol. The van der Waals surface area contributed by atoms with Crippen LogP contribution in [0.25, 0.3) is 0 Å². The lowest BCUT2D eigenvalue weighted by Gasteiger charge is -2.30. The molecule has 1 N–H and O–H groups in total. The molecule has 0 amide bonds. The number of aryl methyl sites for hydroxylation is 1. The van der Waals surface area contributed by atoms with Crippen molar-refractivity contribution in [2.45, 2.75) is 19.3 Å². The number of aromatic nitrogens is 2. The largest absolute Gasteiger partial charge is 0.496 e. The van der Waals surface area contributed by atoms with Crippen LogP contribution in [-0.2, 0) is 12.8 Å². The maximum Gasteiger partial charge on any atom is 0.224 e. The first kappa shape index (κ1) is 17.3. The first-order chi connectivity index (χ1) is 13.3. The van der Waals surface area contributed by atoms with Crippen LogP contribution in [0.4, 0.5) is 17.5 Å². The van der Waals surface area contributed by atoms with Crippen LogP contribution in [0.1, 0.15) is 17.5 Å². The fourth-order valence-electron chi connectivity index (χ4n) is 3.57. The van der Waals surface area contributed by atoms with Crippen molar-refractivity contribution in [3.63, 3.8) is 0 Å². The number of nitrogens with one attached hydrogen (secondary N) is 1. The van der Waals surface area contributed by atoms with Crippen LogP contribution in [-0.4, -0.2) is 30.2 Å². The first-order valence-corrected chi connectivity index (χ1v) is 9.39. The van der Waals surface area contributed by atoms with Crippen molar-refractivity contribution in [3.05, 3.63) is 71.9 Å². The van der Waals surface area contributed by atoms with Crippen LogP contribution >= 0.6 is 0 Å². The molecule has 138 valence electrons. The van der Waals surface area contributed by atoms with Gasteiger partial charge in [-0.3, -0.25) is 0 Å². The molecule has 0 atom stereocenters. The fraction of sp³-hybridized carbons (Fsp3) is 0.273. The Labute approximate surface area is 160 Å². The molecular formula is C22H24N4O. The minimum atomic E-state index is 0.658. The summed E-state index contributed by atoms with van der Waals surface area (Å²) in [5, 5.41) is 3.34. The average Bonchev–Trinajstić information content (AvgIpc) is 2.74. The monoisotopic (exact) mass is 360 g/mol. The van der Waals surface area contributed by atoms with E-state index in [0.29, 0.717) is 5.95 Å². The van der Waals surface area contributed by atoms with E-state index in [1.807, 2.05) is 30.5 Å². The maximum absolute atomic E-state index is 5.41. The van der Waals surface area contributed by atoms with Gasteiger partial charge in [-0.2, -0.15) is 4.98 Å². The smallest absolute Gasteiger partial charge is 0.224 e. The Kier molecular flexibility index (Phi) is 5.19. The van der Waals surface area contributed by atoms with E-state index in [4.69, 9.17) is 9.72 Å². The third-order valence-corrected chi connectivity index (χ3v) is 4.90. The number of hydrogen-bond donors (Lipinski definition) is 1. The summed E-state index contributed by atoms with van der Waals surface area (Å²) in [6, 6.07) is 18.6. The molecule has 1 aliphatic heterocycles. The van der Waals surface area contributed by atoms with Crippen molar-refractivity contribution >= 4 is 17.5 Å². The third kappa shape index (κ3) is 3.87. The van der Waals surface area contributed by atoms with E-state index in [1.54, 1.807) is 7.11 Å². The highest BCUT2D eigenvalue weighted by Gasteiger charge is 2.19. The molecule has 0 saturated carbocycles. The summed E-state index contributed by atoms with van der Waals surface area (Å²) in [5.41, 5.74) is 3.81. The van der Waals surface area contributed by atoms with E-state index >= 15 is 0 Å². The molecule has 0 saturated heterocycles. The summed E-state index contributed by atoms with van der Waals surface area (Å²) in [5.74, 6) is 2.52. The molecule has 0 aliphatic carbocycles. The van der Waals surface area contributed by atoms with Crippen LogP contribution in [0.15, 0.2) is 60.8 Å².